The number of nitrogens with zero attached hydrogens (tertiary/aromatic N) is 6. The first-order chi connectivity index (χ1) is 29.8. The number of para-hydroxylation sites is 1. The van der Waals surface area contributed by atoms with Gasteiger partial charge in [-0.25, -0.2) is 19.9 Å². The Balaban J connectivity index is 1.20. The minimum atomic E-state index is 0.609. The Morgan fingerprint density at radius 2 is 0.783 bits per heavy atom. The zero-order chi connectivity index (χ0) is 39.6. The Hall–Kier alpha value is -8.22. The van der Waals surface area contributed by atoms with Gasteiger partial charge in [0.1, 0.15) is 5.82 Å². The molecule has 0 bridgehead atoms. The topological polar surface area (TPSA) is 61.4 Å². The average Bonchev–Trinajstić information content (AvgIpc) is 3.90. The second kappa shape index (κ2) is 13.7. The highest BCUT2D eigenvalue weighted by atomic mass is 15.1. The van der Waals surface area contributed by atoms with Crippen LogP contribution in [0.15, 0.2) is 206 Å². The molecule has 6 heteroatoms. The molecule has 0 fully saturated rings. The fourth-order valence-corrected chi connectivity index (χ4v) is 8.92. The molecular formula is C54H34N6. The first-order valence-corrected chi connectivity index (χ1v) is 20.2. The van der Waals surface area contributed by atoms with Crippen molar-refractivity contribution in [2.24, 2.45) is 0 Å². The summed E-state index contributed by atoms with van der Waals surface area (Å²) in [5.41, 5.74) is 10.1. The molecule has 0 aliphatic rings. The maximum Gasteiger partial charge on any atom is 0.164 e. The lowest BCUT2D eigenvalue weighted by Crippen LogP contribution is -2.01. The Morgan fingerprint density at radius 1 is 0.300 bits per heavy atom. The Kier molecular flexibility index (Phi) is 7.74. The van der Waals surface area contributed by atoms with Gasteiger partial charge in [-0.15, -0.1) is 0 Å². The molecular weight excluding hydrogens is 733 g/mol. The van der Waals surface area contributed by atoms with Crippen LogP contribution in [0.5, 0.6) is 0 Å². The van der Waals surface area contributed by atoms with Crippen molar-refractivity contribution in [1.82, 2.24) is 29.1 Å². The van der Waals surface area contributed by atoms with Crippen LogP contribution in [0, 0.1) is 0 Å². The Morgan fingerprint density at radius 3 is 1.42 bits per heavy atom. The van der Waals surface area contributed by atoms with E-state index < -0.39 is 0 Å². The van der Waals surface area contributed by atoms with Crippen LogP contribution in [-0.4, -0.2) is 29.1 Å². The third-order valence-electron chi connectivity index (χ3n) is 11.5. The molecule has 3 heterocycles. The van der Waals surface area contributed by atoms with Crippen LogP contribution >= 0.6 is 0 Å². The second-order valence-electron chi connectivity index (χ2n) is 15.0. The van der Waals surface area contributed by atoms with Crippen LogP contribution < -0.4 is 0 Å². The number of hydrogen-bond acceptors (Lipinski definition) is 4. The molecule has 280 valence electrons. The lowest BCUT2D eigenvalue weighted by molar-refractivity contribution is 1.07. The summed E-state index contributed by atoms with van der Waals surface area (Å²) in [6, 6.07) is 72.0. The minimum absolute atomic E-state index is 0.609. The van der Waals surface area contributed by atoms with Gasteiger partial charge in [0, 0.05) is 49.8 Å². The van der Waals surface area contributed by atoms with Gasteiger partial charge in [-0.1, -0.05) is 170 Å². The summed E-state index contributed by atoms with van der Waals surface area (Å²) < 4.78 is 4.78. The van der Waals surface area contributed by atoms with E-state index in [-0.39, 0.29) is 0 Å². The smallest absolute Gasteiger partial charge is 0.164 e. The van der Waals surface area contributed by atoms with Crippen molar-refractivity contribution in [3.63, 3.8) is 0 Å². The van der Waals surface area contributed by atoms with Crippen LogP contribution in [0.2, 0.25) is 0 Å². The molecule has 6 nitrogen and oxygen atoms in total. The quantitative estimate of drug-likeness (QED) is 0.158. The van der Waals surface area contributed by atoms with Gasteiger partial charge in [0.25, 0.3) is 0 Å². The predicted molar refractivity (Wildman–Crippen MR) is 246 cm³/mol. The average molecular weight is 767 g/mol. The minimum Gasteiger partial charge on any atom is -0.308 e. The van der Waals surface area contributed by atoms with E-state index in [9.17, 15) is 0 Å². The normalized spacial score (nSPS) is 11.7. The summed E-state index contributed by atoms with van der Waals surface area (Å²) in [6.07, 6.45) is 0. The van der Waals surface area contributed by atoms with Crippen LogP contribution in [0.3, 0.4) is 0 Å². The van der Waals surface area contributed by atoms with Crippen molar-refractivity contribution >= 4 is 54.4 Å². The monoisotopic (exact) mass is 766 g/mol. The number of aromatic nitrogens is 6. The highest BCUT2D eigenvalue weighted by Gasteiger charge is 2.25. The molecule has 0 aliphatic heterocycles. The van der Waals surface area contributed by atoms with Gasteiger partial charge in [-0.2, -0.15) is 0 Å². The van der Waals surface area contributed by atoms with E-state index in [0.717, 1.165) is 66.9 Å². The van der Waals surface area contributed by atoms with Crippen molar-refractivity contribution < 1.29 is 0 Å². The number of benzene rings is 9. The summed E-state index contributed by atoms with van der Waals surface area (Å²) in [5.74, 6) is 2.77. The fraction of sp³-hybridized carbons (Fsp3) is 0. The van der Waals surface area contributed by atoms with Crippen LogP contribution in [0.1, 0.15) is 0 Å². The molecule has 0 saturated carbocycles. The van der Waals surface area contributed by atoms with E-state index in [4.69, 9.17) is 19.9 Å². The van der Waals surface area contributed by atoms with Gasteiger partial charge >= 0.3 is 0 Å². The highest BCUT2D eigenvalue weighted by Crippen LogP contribution is 2.46. The van der Waals surface area contributed by atoms with E-state index >= 15 is 0 Å². The lowest BCUT2D eigenvalue weighted by Gasteiger charge is -2.13. The van der Waals surface area contributed by atoms with Crippen LogP contribution in [-0.2, 0) is 0 Å². The lowest BCUT2D eigenvalue weighted by atomic mass is 9.96. The SMILES string of the molecule is c1ccc(-c2nc(-c3ccccc3)nc(-c3cccc(-n4c5ccc6nc(-c7ccccc7)n(-c7ccccc7)c6c5c5c6ccccc6c6ccccc6c54)c3)n2)cc1. The number of fused-ring (bicyclic) bond motifs is 10. The molecule has 60 heavy (non-hydrogen) atoms. The molecule has 0 radical (unpaired) electrons. The van der Waals surface area contributed by atoms with Crippen molar-refractivity contribution in [1.29, 1.82) is 0 Å². The van der Waals surface area contributed by atoms with Crippen LogP contribution in [0.4, 0.5) is 0 Å². The summed E-state index contributed by atoms with van der Waals surface area (Å²) in [4.78, 5) is 20.6. The number of rotatable bonds is 6. The van der Waals surface area contributed by atoms with Crippen LogP contribution in [0.25, 0.3) is 111 Å². The Labute approximate surface area is 345 Å². The van der Waals surface area contributed by atoms with E-state index in [0.29, 0.717) is 17.5 Å². The molecule has 0 aliphatic carbocycles. The third kappa shape index (κ3) is 5.35. The number of imidazole rings is 1. The zero-order valence-corrected chi connectivity index (χ0v) is 32.3. The molecule has 0 spiro atoms. The van der Waals surface area contributed by atoms with Crippen molar-refractivity contribution in [3.05, 3.63) is 206 Å². The van der Waals surface area contributed by atoms with Crippen molar-refractivity contribution in [2.45, 2.75) is 0 Å². The summed E-state index contributed by atoms with van der Waals surface area (Å²) in [5, 5.41) is 7.12. The fourth-order valence-electron chi connectivity index (χ4n) is 8.92. The molecule has 9 aromatic carbocycles. The highest BCUT2D eigenvalue weighted by molar-refractivity contribution is 6.35. The summed E-state index contributed by atoms with van der Waals surface area (Å²) >= 11 is 0. The second-order valence-corrected chi connectivity index (χ2v) is 15.0. The molecule has 0 saturated heterocycles. The van der Waals surface area contributed by atoms with E-state index in [1.165, 1.54) is 26.9 Å². The van der Waals surface area contributed by atoms with Gasteiger partial charge in [-0.05, 0) is 52.6 Å². The number of hydrogen-bond donors (Lipinski definition) is 0. The van der Waals surface area contributed by atoms with Gasteiger partial charge in [-0.3, -0.25) is 4.57 Å². The van der Waals surface area contributed by atoms with E-state index in [1.807, 2.05) is 60.7 Å². The zero-order valence-electron chi connectivity index (χ0n) is 32.3. The first kappa shape index (κ1) is 33.9. The van der Waals surface area contributed by atoms with E-state index in [2.05, 4.69) is 155 Å². The maximum atomic E-state index is 5.39. The Bertz CT molecular complexity index is 3520. The van der Waals surface area contributed by atoms with Crippen molar-refractivity contribution in [2.75, 3.05) is 0 Å². The standard InChI is InChI=1S/C54H34N6/c1-5-18-35(19-6-1)51-56-52(36-20-7-2-8-21-36)58-53(57-51)38-24-17-27-40(34-38)59-46-33-32-45-50(60(39-25-11-4-12-26-39)54(55-45)37-22-9-3-10-23-37)48(46)47-43-30-15-13-28-41(43)42-29-14-16-31-44(42)49(47)59/h1-34H. The van der Waals surface area contributed by atoms with Gasteiger partial charge in [0.05, 0.1) is 22.1 Å². The van der Waals surface area contributed by atoms with Gasteiger partial charge in [0.2, 0.25) is 0 Å². The van der Waals surface area contributed by atoms with E-state index in [1.54, 1.807) is 0 Å². The summed E-state index contributed by atoms with van der Waals surface area (Å²) in [6.45, 7) is 0. The molecule has 0 amide bonds. The molecule has 3 aromatic heterocycles. The third-order valence-corrected chi connectivity index (χ3v) is 11.5. The predicted octanol–water partition coefficient (Wildman–Crippen LogP) is 13.3. The van der Waals surface area contributed by atoms with Crippen molar-refractivity contribution in [3.8, 4) is 56.9 Å². The molecule has 0 N–H and O–H groups in total. The van der Waals surface area contributed by atoms with Gasteiger partial charge in [0.15, 0.2) is 17.5 Å². The van der Waals surface area contributed by atoms with Gasteiger partial charge < -0.3 is 4.57 Å². The maximum absolute atomic E-state index is 5.39. The first-order valence-electron chi connectivity index (χ1n) is 20.2. The largest absolute Gasteiger partial charge is 0.308 e. The molecule has 0 atom stereocenters. The summed E-state index contributed by atoms with van der Waals surface area (Å²) in [7, 11) is 0. The molecule has 12 rings (SSSR count). The molecule has 0 unspecified atom stereocenters. The molecule has 12 aromatic rings.